The predicted molar refractivity (Wildman–Crippen MR) is 103 cm³/mol. The number of hydrogen-bond acceptors (Lipinski definition) is 3. The van der Waals surface area contributed by atoms with Crippen LogP contribution in [-0.4, -0.2) is 49.7 Å². The van der Waals surface area contributed by atoms with E-state index < -0.39 is 0 Å². The summed E-state index contributed by atoms with van der Waals surface area (Å²) in [6.07, 6.45) is 4.88. The molecule has 138 valence electrons. The van der Waals surface area contributed by atoms with Crippen molar-refractivity contribution in [3.63, 3.8) is 0 Å². The van der Waals surface area contributed by atoms with E-state index in [1.54, 1.807) is 0 Å². The number of nitrogens with zero attached hydrogens (tertiary/aromatic N) is 2. The lowest BCUT2D eigenvalue weighted by Gasteiger charge is -2.34. The summed E-state index contributed by atoms with van der Waals surface area (Å²) in [5.74, 6) is 1.91. The van der Waals surface area contributed by atoms with Gasteiger partial charge in [-0.05, 0) is 38.9 Å². The van der Waals surface area contributed by atoms with Crippen molar-refractivity contribution in [1.82, 2.24) is 15.5 Å². The minimum atomic E-state index is 0.261. The van der Waals surface area contributed by atoms with E-state index in [9.17, 15) is 0 Å². The maximum Gasteiger partial charge on any atom is 0.191 e. The number of nitrogens with one attached hydrogen (secondary N) is 2. The average Bonchev–Trinajstić information content (AvgIpc) is 2.67. The largest absolute Gasteiger partial charge is 0.493 e. The van der Waals surface area contributed by atoms with Crippen LogP contribution in [0.2, 0.25) is 0 Å². The molecular formula is C20H32N4O. The van der Waals surface area contributed by atoms with Crippen molar-refractivity contribution in [3.8, 4) is 5.75 Å². The van der Waals surface area contributed by atoms with Gasteiger partial charge in [0, 0.05) is 24.6 Å². The van der Waals surface area contributed by atoms with Gasteiger partial charge in [-0.25, -0.2) is 0 Å². The van der Waals surface area contributed by atoms with Gasteiger partial charge in [-0.2, -0.15) is 0 Å². The second-order valence-electron chi connectivity index (χ2n) is 6.87. The number of likely N-dealkylation sites (N-methyl/N-ethyl adjacent to an activating group) is 1. The molecule has 0 aromatic heterocycles. The Morgan fingerprint density at radius 3 is 2.96 bits per heavy atom. The zero-order valence-corrected chi connectivity index (χ0v) is 15.6. The molecule has 0 spiro atoms. The zero-order chi connectivity index (χ0) is 17.5. The van der Waals surface area contributed by atoms with Crippen molar-refractivity contribution in [3.05, 3.63) is 29.8 Å². The zero-order valence-electron chi connectivity index (χ0n) is 15.6. The molecule has 2 N–H and O–H groups in total. The van der Waals surface area contributed by atoms with E-state index in [0.717, 1.165) is 44.4 Å². The Balaban J connectivity index is 1.67. The van der Waals surface area contributed by atoms with E-state index in [0.29, 0.717) is 6.04 Å². The molecule has 1 fully saturated rings. The fourth-order valence-electron chi connectivity index (χ4n) is 3.86. The first-order chi connectivity index (χ1) is 12.3. The van der Waals surface area contributed by atoms with Gasteiger partial charge >= 0.3 is 0 Å². The molecule has 0 bridgehead atoms. The van der Waals surface area contributed by atoms with E-state index in [1.165, 1.54) is 31.4 Å². The predicted octanol–water partition coefficient (Wildman–Crippen LogP) is 2.94. The smallest absolute Gasteiger partial charge is 0.191 e. The van der Waals surface area contributed by atoms with E-state index >= 15 is 0 Å². The summed E-state index contributed by atoms with van der Waals surface area (Å²) in [5.41, 5.74) is 1.23. The molecule has 0 saturated carbocycles. The fourth-order valence-corrected chi connectivity index (χ4v) is 3.86. The quantitative estimate of drug-likeness (QED) is 0.637. The van der Waals surface area contributed by atoms with Gasteiger partial charge in [0.15, 0.2) is 5.96 Å². The molecule has 1 saturated heterocycles. The van der Waals surface area contributed by atoms with E-state index in [4.69, 9.17) is 9.73 Å². The first kappa shape index (κ1) is 18.1. The molecule has 0 radical (unpaired) electrons. The van der Waals surface area contributed by atoms with Gasteiger partial charge in [0.1, 0.15) is 5.75 Å². The summed E-state index contributed by atoms with van der Waals surface area (Å²) in [6.45, 7) is 9.21. The van der Waals surface area contributed by atoms with Crippen LogP contribution in [0.4, 0.5) is 0 Å². The minimum Gasteiger partial charge on any atom is -0.493 e. The summed E-state index contributed by atoms with van der Waals surface area (Å²) in [6, 6.07) is 9.15. The van der Waals surface area contributed by atoms with Crippen LogP contribution in [-0.2, 0) is 0 Å². The molecule has 2 heterocycles. The van der Waals surface area contributed by atoms with Crippen LogP contribution in [0, 0.1) is 0 Å². The van der Waals surface area contributed by atoms with Crippen LogP contribution in [0.5, 0.6) is 5.75 Å². The standard InChI is InChI=1S/C20H32N4O/c1-3-21-20(22-15-16-9-7-8-13-24(16)4-2)23-18-12-14-25-19-11-6-5-10-17(18)19/h5-6,10-11,16,18H,3-4,7-9,12-15H2,1-2H3,(H2,21,22,23). The van der Waals surface area contributed by atoms with Gasteiger partial charge < -0.3 is 15.4 Å². The lowest BCUT2D eigenvalue weighted by molar-refractivity contribution is 0.161. The molecule has 3 rings (SSSR count). The normalized spacial score (nSPS) is 24.3. The van der Waals surface area contributed by atoms with Crippen molar-refractivity contribution in [2.45, 2.75) is 51.6 Å². The summed E-state index contributed by atoms with van der Waals surface area (Å²) < 4.78 is 5.77. The maximum absolute atomic E-state index is 5.77. The Bertz CT molecular complexity index is 575. The number of fused-ring (bicyclic) bond motifs is 1. The van der Waals surface area contributed by atoms with Crippen LogP contribution in [0.15, 0.2) is 29.3 Å². The van der Waals surface area contributed by atoms with E-state index in [1.807, 2.05) is 12.1 Å². The topological polar surface area (TPSA) is 48.9 Å². The van der Waals surface area contributed by atoms with Gasteiger partial charge in [0.05, 0.1) is 19.2 Å². The number of para-hydroxylation sites is 1. The highest BCUT2D eigenvalue weighted by Crippen LogP contribution is 2.31. The third kappa shape index (κ3) is 4.66. The number of hydrogen-bond donors (Lipinski definition) is 2. The Kier molecular flexibility index (Phi) is 6.56. The molecule has 1 aromatic rings. The Hall–Kier alpha value is -1.75. The summed E-state index contributed by atoms with van der Waals surface area (Å²) in [5, 5.41) is 7.04. The molecule has 5 heteroatoms. The molecular weight excluding hydrogens is 312 g/mol. The molecule has 2 unspecified atom stereocenters. The molecule has 1 aromatic carbocycles. The number of benzene rings is 1. The number of rotatable bonds is 5. The fraction of sp³-hybridized carbons (Fsp3) is 0.650. The molecule has 2 aliphatic rings. The number of guanidine groups is 1. The lowest BCUT2D eigenvalue weighted by atomic mass is 10.0. The number of ether oxygens (including phenoxy) is 1. The summed E-state index contributed by atoms with van der Waals surface area (Å²) >= 11 is 0. The van der Waals surface area contributed by atoms with E-state index in [-0.39, 0.29) is 6.04 Å². The van der Waals surface area contributed by atoms with Gasteiger partial charge in [0.2, 0.25) is 0 Å². The SMILES string of the molecule is CCNC(=NCC1CCCCN1CC)NC1CCOc2ccccc21. The summed E-state index contributed by atoms with van der Waals surface area (Å²) in [4.78, 5) is 7.48. The van der Waals surface area contributed by atoms with Gasteiger partial charge in [-0.3, -0.25) is 9.89 Å². The first-order valence-corrected chi connectivity index (χ1v) is 9.82. The van der Waals surface area contributed by atoms with Crippen molar-refractivity contribution in [2.75, 3.05) is 32.8 Å². The molecule has 25 heavy (non-hydrogen) atoms. The molecule has 2 atom stereocenters. The van der Waals surface area contributed by atoms with Crippen molar-refractivity contribution in [1.29, 1.82) is 0 Å². The van der Waals surface area contributed by atoms with Gasteiger partial charge in [0.25, 0.3) is 0 Å². The monoisotopic (exact) mass is 344 g/mol. The van der Waals surface area contributed by atoms with Crippen molar-refractivity contribution >= 4 is 5.96 Å². The Morgan fingerprint density at radius 2 is 2.12 bits per heavy atom. The van der Waals surface area contributed by atoms with Crippen molar-refractivity contribution < 1.29 is 4.74 Å². The number of piperidine rings is 1. The van der Waals surface area contributed by atoms with Crippen LogP contribution in [0.3, 0.4) is 0 Å². The summed E-state index contributed by atoms with van der Waals surface area (Å²) in [7, 11) is 0. The van der Waals surface area contributed by atoms with Crippen molar-refractivity contribution in [2.24, 2.45) is 4.99 Å². The van der Waals surface area contributed by atoms with E-state index in [2.05, 4.69) is 41.5 Å². The number of likely N-dealkylation sites (tertiary alicyclic amines) is 1. The lowest BCUT2D eigenvalue weighted by Crippen LogP contribution is -2.44. The Labute approximate surface area is 151 Å². The number of aliphatic imine (C=N–C) groups is 1. The maximum atomic E-state index is 5.77. The second-order valence-corrected chi connectivity index (χ2v) is 6.87. The molecule has 5 nitrogen and oxygen atoms in total. The third-order valence-electron chi connectivity index (χ3n) is 5.23. The highest BCUT2D eigenvalue weighted by Gasteiger charge is 2.23. The van der Waals surface area contributed by atoms with Crippen LogP contribution in [0.1, 0.15) is 51.1 Å². The van der Waals surface area contributed by atoms with Gasteiger partial charge in [-0.1, -0.05) is 31.5 Å². The third-order valence-corrected chi connectivity index (χ3v) is 5.23. The van der Waals surface area contributed by atoms with Gasteiger partial charge in [-0.15, -0.1) is 0 Å². The molecule has 2 aliphatic heterocycles. The highest BCUT2D eigenvalue weighted by atomic mass is 16.5. The van der Waals surface area contributed by atoms with Crippen LogP contribution < -0.4 is 15.4 Å². The minimum absolute atomic E-state index is 0.261. The van der Waals surface area contributed by atoms with Crippen LogP contribution in [0.25, 0.3) is 0 Å². The first-order valence-electron chi connectivity index (χ1n) is 9.82. The Morgan fingerprint density at radius 1 is 1.24 bits per heavy atom. The molecule has 0 amide bonds. The molecule has 0 aliphatic carbocycles. The second kappa shape index (κ2) is 9.09. The highest BCUT2D eigenvalue weighted by molar-refractivity contribution is 5.80. The van der Waals surface area contributed by atoms with Crippen LogP contribution >= 0.6 is 0 Å². The average molecular weight is 345 g/mol.